The molecule has 2 rings (SSSR count). The molecule has 1 nitrogen and oxygen atoms in total. The van der Waals surface area contributed by atoms with Gasteiger partial charge in [0, 0.05) is 11.8 Å². The molecule has 7 heteroatoms. The molecule has 0 radical (unpaired) electrons. The Morgan fingerprint density at radius 1 is 1.24 bits per heavy atom. The van der Waals surface area contributed by atoms with E-state index in [-0.39, 0.29) is 6.42 Å². The number of nitrogens with zero attached hydrogens (tertiary/aromatic N) is 1. The first-order valence-corrected chi connectivity index (χ1v) is 8.74. The summed E-state index contributed by atoms with van der Waals surface area (Å²) in [7, 11) is -5.36. The fraction of sp³-hybridized carbons (Fsp3) is 0.300. The van der Waals surface area contributed by atoms with Crippen molar-refractivity contribution in [3.05, 3.63) is 24.3 Å². The first-order valence-electron chi connectivity index (χ1n) is 5.10. The Morgan fingerprint density at radius 2 is 2.00 bits per heavy atom. The number of thiazole rings is 1. The van der Waals surface area contributed by atoms with Crippen molar-refractivity contribution in [3.63, 3.8) is 0 Å². The maximum atomic E-state index is 12.1. The van der Waals surface area contributed by atoms with Crippen LogP contribution < -0.4 is 0 Å². The van der Waals surface area contributed by atoms with Gasteiger partial charge >= 0.3 is 9.08 Å². The minimum atomic E-state index is -5.36. The monoisotopic (exact) mass is 293 g/mol. The van der Waals surface area contributed by atoms with Crippen LogP contribution in [0.4, 0.5) is 12.3 Å². The van der Waals surface area contributed by atoms with Gasteiger partial charge in [0.15, 0.2) is 4.34 Å². The van der Waals surface area contributed by atoms with Crippen LogP contribution in [0.5, 0.6) is 0 Å². The van der Waals surface area contributed by atoms with E-state index >= 15 is 0 Å². The van der Waals surface area contributed by atoms with Gasteiger partial charge in [-0.15, -0.1) is 11.3 Å². The molecule has 0 unspecified atom stereocenters. The van der Waals surface area contributed by atoms with E-state index in [2.05, 4.69) is 4.98 Å². The number of halogens is 3. The second kappa shape index (κ2) is 5.41. The van der Waals surface area contributed by atoms with E-state index in [1.165, 1.54) is 23.1 Å². The third kappa shape index (κ3) is 4.00. The van der Waals surface area contributed by atoms with Gasteiger partial charge in [-0.05, 0) is 18.6 Å². The summed E-state index contributed by atoms with van der Waals surface area (Å²) in [6.07, 6.45) is 0.205. The lowest BCUT2D eigenvalue weighted by Gasteiger charge is -2.00. The Balaban J connectivity index is 1.87. The summed E-state index contributed by atoms with van der Waals surface area (Å²) in [5.41, 5.74) is 0.921. The second-order valence-corrected chi connectivity index (χ2v) is 7.62. The fourth-order valence-electron chi connectivity index (χ4n) is 1.34. The van der Waals surface area contributed by atoms with Crippen molar-refractivity contribution in [1.82, 2.24) is 4.98 Å². The molecule has 1 aromatic carbocycles. The molecule has 0 aliphatic rings. The van der Waals surface area contributed by atoms with Crippen molar-refractivity contribution in [2.45, 2.75) is 16.8 Å². The van der Waals surface area contributed by atoms with E-state index in [9.17, 15) is 12.3 Å². The second-order valence-electron chi connectivity index (χ2n) is 3.51. The van der Waals surface area contributed by atoms with Crippen LogP contribution in [0.2, 0.25) is 6.04 Å². The number of hydrogen-bond donors (Lipinski definition) is 0. The summed E-state index contributed by atoms with van der Waals surface area (Å²) in [5, 5.41) is 0. The molecule has 0 amide bonds. The molecule has 0 saturated heterocycles. The molecule has 1 aromatic heterocycles. The van der Waals surface area contributed by atoms with Crippen LogP contribution in [-0.4, -0.2) is 19.8 Å². The highest BCUT2D eigenvalue weighted by Crippen LogP contribution is 2.30. The Kier molecular flexibility index (Phi) is 4.11. The molecular weight excluding hydrogens is 283 g/mol. The lowest BCUT2D eigenvalue weighted by atomic mass is 10.3. The Bertz CT molecular complexity index is 465. The predicted octanol–water partition coefficient (Wildman–Crippen LogP) is 4.63. The van der Waals surface area contributed by atoms with Crippen molar-refractivity contribution >= 4 is 42.4 Å². The van der Waals surface area contributed by atoms with Crippen LogP contribution in [0.1, 0.15) is 6.42 Å². The largest absolute Gasteiger partial charge is 0.616 e. The lowest BCUT2D eigenvalue weighted by molar-refractivity contribution is 0.467. The lowest BCUT2D eigenvalue weighted by Crippen LogP contribution is -2.13. The molecule has 0 N–H and O–H groups in total. The van der Waals surface area contributed by atoms with E-state index < -0.39 is 15.1 Å². The summed E-state index contributed by atoms with van der Waals surface area (Å²) in [6, 6.07) is 7.15. The topological polar surface area (TPSA) is 12.9 Å². The Morgan fingerprint density at radius 3 is 2.71 bits per heavy atom. The van der Waals surface area contributed by atoms with E-state index in [0.29, 0.717) is 5.75 Å². The normalized spacial score (nSPS) is 12.2. The van der Waals surface area contributed by atoms with Crippen LogP contribution in [0.3, 0.4) is 0 Å². The number of hydrogen-bond acceptors (Lipinski definition) is 3. The zero-order valence-electron chi connectivity index (χ0n) is 8.83. The Hall–Kier alpha value is -0.533. The average Bonchev–Trinajstić information content (AvgIpc) is 2.65. The number of thioether (sulfide) groups is 1. The number of para-hydroxylation sites is 1. The summed E-state index contributed by atoms with van der Waals surface area (Å²) >= 11 is 2.95. The quantitative estimate of drug-likeness (QED) is 0.345. The van der Waals surface area contributed by atoms with Crippen molar-refractivity contribution in [3.8, 4) is 0 Å². The maximum absolute atomic E-state index is 12.1. The highest BCUT2D eigenvalue weighted by molar-refractivity contribution is 8.01. The zero-order valence-corrected chi connectivity index (χ0v) is 11.5. The molecule has 17 heavy (non-hydrogen) atoms. The molecule has 0 spiro atoms. The summed E-state index contributed by atoms with van der Waals surface area (Å²) in [5.74, 6) is 0.492. The number of benzene rings is 1. The van der Waals surface area contributed by atoms with Crippen molar-refractivity contribution in [2.75, 3.05) is 5.75 Å². The average molecular weight is 293 g/mol. The SMILES string of the molecule is F[Si](F)(F)CCCSc1nc2ccccc2s1. The maximum Gasteiger partial charge on any atom is 0.616 e. The number of rotatable bonds is 5. The van der Waals surface area contributed by atoms with Crippen molar-refractivity contribution in [2.24, 2.45) is 0 Å². The molecular formula is C10H10F3NS2Si. The van der Waals surface area contributed by atoms with Gasteiger partial charge in [-0.25, -0.2) is 17.3 Å². The molecule has 2 aromatic rings. The zero-order chi connectivity index (χ0) is 12.3. The standard InChI is InChI=1S/C10H10F3NS2Si/c11-17(12,13)7-3-6-15-10-14-8-4-1-2-5-9(8)16-10/h1-2,4-5H,3,6-7H2. The van der Waals surface area contributed by atoms with Gasteiger partial charge in [-0.3, -0.25) is 0 Å². The van der Waals surface area contributed by atoms with Crippen LogP contribution >= 0.6 is 23.1 Å². The molecule has 0 aliphatic heterocycles. The van der Waals surface area contributed by atoms with Crippen molar-refractivity contribution < 1.29 is 12.3 Å². The molecule has 0 aliphatic carbocycles. The molecule has 92 valence electrons. The fourth-order valence-corrected chi connectivity index (χ4v) is 4.26. The number of aromatic nitrogens is 1. The first-order chi connectivity index (χ1) is 8.04. The minimum absolute atomic E-state index is 0.205. The predicted molar refractivity (Wildman–Crippen MR) is 68.8 cm³/mol. The van der Waals surface area contributed by atoms with Gasteiger partial charge in [0.1, 0.15) is 0 Å². The molecule has 0 saturated carbocycles. The molecule has 0 bridgehead atoms. The third-order valence-electron chi connectivity index (χ3n) is 2.10. The first kappa shape index (κ1) is 12.9. The minimum Gasteiger partial charge on any atom is -0.238 e. The third-order valence-corrected chi connectivity index (χ3v) is 5.29. The molecule has 0 fully saturated rings. The highest BCUT2D eigenvalue weighted by Gasteiger charge is 2.35. The van der Waals surface area contributed by atoms with Crippen LogP contribution in [0, 0.1) is 0 Å². The molecule has 1 heterocycles. The highest BCUT2D eigenvalue weighted by atomic mass is 32.2. The van der Waals surface area contributed by atoms with Gasteiger partial charge in [0.05, 0.1) is 10.2 Å². The Labute approximate surface area is 107 Å². The summed E-state index contributed by atoms with van der Waals surface area (Å²) in [6.45, 7) is 0. The van der Waals surface area contributed by atoms with Crippen LogP contribution in [-0.2, 0) is 0 Å². The van der Waals surface area contributed by atoms with E-state index in [4.69, 9.17) is 0 Å². The van der Waals surface area contributed by atoms with Gasteiger partial charge in [-0.1, -0.05) is 23.9 Å². The summed E-state index contributed by atoms with van der Waals surface area (Å²) < 4.78 is 38.1. The van der Waals surface area contributed by atoms with Crippen LogP contribution in [0.15, 0.2) is 28.6 Å². The van der Waals surface area contributed by atoms with Gasteiger partial charge in [-0.2, -0.15) is 0 Å². The summed E-state index contributed by atoms with van der Waals surface area (Å²) in [4.78, 5) is 4.36. The smallest absolute Gasteiger partial charge is 0.238 e. The molecule has 0 atom stereocenters. The van der Waals surface area contributed by atoms with E-state index in [0.717, 1.165) is 14.6 Å². The van der Waals surface area contributed by atoms with Gasteiger partial charge in [0.2, 0.25) is 0 Å². The number of fused-ring (bicyclic) bond motifs is 1. The van der Waals surface area contributed by atoms with Crippen molar-refractivity contribution in [1.29, 1.82) is 0 Å². The van der Waals surface area contributed by atoms with E-state index in [1.807, 2.05) is 24.3 Å². The van der Waals surface area contributed by atoms with Gasteiger partial charge < -0.3 is 0 Å². The van der Waals surface area contributed by atoms with E-state index in [1.54, 1.807) is 0 Å². The van der Waals surface area contributed by atoms with Crippen LogP contribution in [0.25, 0.3) is 10.2 Å². The van der Waals surface area contributed by atoms with Gasteiger partial charge in [0.25, 0.3) is 0 Å².